The van der Waals surface area contributed by atoms with Crippen molar-refractivity contribution in [3.05, 3.63) is 23.0 Å². The van der Waals surface area contributed by atoms with Crippen LogP contribution in [0.1, 0.15) is 48.4 Å². The molecule has 0 bridgehead atoms. The van der Waals surface area contributed by atoms with Crippen LogP contribution in [0.25, 0.3) is 11.1 Å². The number of nitrogens with one attached hydrogen (secondary N) is 1. The Hall–Kier alpha value is -2.48. The molecular formula is C16H21N3O5. The fourth-order valence-corrected chi connectivity index (χ4v) is 2.35. The fraction of sp³-hybridized carbons (Fsp3) is 0.500. The minimum absolute atomic E-state index is 0.0659. The van der Waals surface area contributed by atoms with Gasteiger partial charge >= 0.3 is 5.97 Å². The lowest BCUT2D eigenvalue weighted by atomic mass is 10.0. The van der Waals surface area contributed by atoms with Crippen molar-refractivity contribution in [2.45, 2.75) is 39.2 Å². The van der Waals surface area contributed by atoms with Crippen molar-refractivity contribution >= 4 is 23.0 Å². The number of pyridine rings is 1. The predicted molar refractivity (Wildman–Crippen MR) is 86.0 cm³/mol. The smallest absolute Gasteiger partial charge is 0.331 e. The number of carboxylic acid groups (broad SMARTS) is 1. The number of hydrogen-bond acceptors (Lipinski definition) is 6. The van der Waals surface area contributed by atoms with E-state index in [1.54, 1.807) is 13.0 Å². The number of aromatic nitrogens is 2. The van der Waals surface area contributed by atoms with E-state index in [0.717, 1.165) is 0 Å². The van der Waals surface area contributed by atoms with Crippen molar-refractivity contribution < 1.29 is 24.0 Å². The second-order valence-electron chi connectivity index (χ2n) is 6.22. The van der Waals surface area contributed by atoms with Gasteiger partial charge < -0.3 is 19.7 Å². The molecule has 0 saturated carbocycles. The molecule has 1 amide bonds. The highest BCUT2D eigenvalue weighted by molar-refractivity contribution is 6.07. The number of ether oxygens (including phenoxy) is 1. The van der Waals surface area contributed by atoms with Crippen molar-refractivity contribution in [3.63, 3.8) is 0 Å². The van der Waals surface area contributed by atoms with Crippen molar-refractivity contribution in [2.24, 2.45) is 0 Å². The zero-order valence-electron chi connectivity index (χ0n) is 14.3. The number of fused-ring (bicyclic) bond motifs is 1. The molecule has 2 aromatic heterocycles. The third-order valence-corrected chi connectivity index (χ3v) is 3.77. The van der Waals surface area contributed by atoms with Gasteiger partial charge in [-0.1, -0.05) is 19.0 Å². The van der Waals surface area contributed by atoms with Crippen LogP contribution in [0.5, 0.6) is 0 Å². The van der Waals surface area contributed by atoms with Gasteiger partial charge in [-0.05, 0) is 25.8 Å². The molecule has 0 saturated heterocycles. The van der Waals surface area contributed by atoms with E-state index < -0.39 is 17.4 Å². The van der Waals surface area contributed by atoms with Gasteiger partial charge in [-0.3, -0.25) is 4.79 Å². The molecule has 0 radical (unpaired) electrons. The minimum atomic E-state index is -1.55. The largest absolute Gasteiger partial charge is 0.479 e. The first-order chi connectivity index (χ1) is 11.2. The van der Waals surface area contributed by atoms with Gasteiger partial charge in [0.1, 0.15) is 0 Å². The van der Waals surface area contributed by atoms with E-state index in [0.29, 0.717) is 16.8 Å². The summed E-state index contributed by atoms with van der Waals surface area (Å²) in [5.74, 6) is -1.66. The van der Waals surface area contributed by atoms with E-state index in [-0.39, 0.29) is 23.8 Å². The van der Waals surface area contributed by atoms with Crippen LogP contribution in [-0.2, 0) is 9.53 Å². The predicted octanol–water partition coefficient (Wildman–Crippen LogP) is 1.87. The summed E-state index contributed by atoms with van der Waals surface area (Å²) in [6, 6.07) is 1.64. The third kappa shape index (κ3) is 3.23. The van der Waals surface area contributed by atoms with E-state index in [1.807, 2.05) is 13.8 Å². The first-order valence-corrected chi connectivity index (χ1v) is 7.51. The topological polar surface area (TPSA) is 115 Å². The van der Waals surface area contributed by atoms with Gasteiger partial charge in [0.15, 0.2) is 5.54 Å². The summed E-state index contributed by atoms with van der Waals surface area (Å²) in [7, 11) is 1.37. The SMILES string of the molecule is COCC(C)(NC(=O)c1cc(C(C)C)nc2onc(C)c12)C(=O)O. The van der Waals surface area contributed by atoms with Gasteiger partial charge in [-0.25, -0.2) is 9.78 Å². The van der Waals surface area contributed by atoms with Gasteiger partial charge in [0.05, 0.1) is 23.3 Å². The average molecular weight is 335 g/mol. The number of amides is 1. The fourth-order valence-electron chi connectivity index (χ4n) is 2.35. The quantitative estimate of drug-likeness (QED) is 0.828. The molecule has 0 fully saturated rings. The lowest BCUT2D eigenvalue weighted by Gasteiger charge is -2.25. The molecule has 1 atom stereocenters. The summed E-state index contributed by atoms with van der Waals surface area (Å²) in [6.45, 7) is 6.79. The maximum absolute atomic E-state index is 12.8. The number of aryl methyl sites for hydroxylation is 1. The lowest BCUT2D eigenvalue weighted by Crippen LogP contribution is -2.55. The summed E-state index contributed by atoms with van der Waals surface area (Å²) in [5, 5.41) is 16.2. The van der Waals surface area contributed by atoms with Crippen molar-refractivity contribution in [2.75, 3.05) is 13.7 Å². The van der Waals surface area contributed by atoms with Gasteiger partial charge in [0.25, 0.3) is 11.6 Å². The van der Waals surface area contributed by atoms with Gasteiger partial charge in [-0.15, -0.1) is 0 Å². The van der Waals surface area contributed by atoms with Crippen LogP contribution < -0.4 is 5.32 Å². The maximum Gasteiger partial charge on any atom is 0.331 e. The van der Waals surface area contributed by atoms with Crippen LogP contribution in [0.2, 0.25) is 0 Å². The van der Waals surface area contributed by atoms with Crippen LogP contribution in [0.3, 0.4) is 0 Å². The van der Waals surface area contributed by atoms with Crippen LogP contribution in [0.15, 0.2) is 10.6 Å². The molecule has 1 unspecified atom stereocenters. The average Bonchev–Trinajstić information content (AvgIpc) is 2.87. The Kier molecular flexibility index (Phi) is 4.88. The molecule has 2 rings (SSSR count). The molecule has 8 heteroatoms. The number of aliphatic carboxylic acids is 1. The van der Waals surface area contributed by atoms with E-state index in [1.165, 1.54) is 14.0 Å². The molecule has 8 nitrogen and oxygen atoms in total. The first kappa shape index (κ1) is 17.9. The molecule has 0 aromatic carbocycles. The van der Waals surface area contributed by atoms with Crippen molar-refractivity contribution in [3.8, 4) is 0 Å². The van der Waals surface area contributed by atoms with E-state index in [9.17, 15) is 14.7 Å². The van der Waals surface area contributed by atoms with Gasteiger partial charge in [0.2, 0.25) is 0 Å². The molecule has 0 aliphatic carbocycles. The highest BCUT2D eigenvalue weighted by atomic mass is 16.5. The first-order valence-electron chi connectivity index (χ1n) is 7.51. The Morgan fingerprint density at radius 1 is 1.46 bits per heavy atom. The van der Waals surface area contributed by atoms with Gasteiger partial charge in [0, 0.05) is 12.8 Å². The number of nitrogens with zero attached hydrogens (tertiary/aromatic N) is 2. The molecule has 0 spiro atoms. The number of hydrogen-bond donors (Lipinski definition) is 2. The Morgan fingerprint density at radius 2 is 2.12 bits per heavy atom. The number of carbonyl (C=O) groups excluding carboxylic acids is 1. The van der Waals surface area contributed by atoms with Crippen LogP contribution >= 0.6 is 0 Å². The van der Waals surface area contributed by atoms with Crippen molar-refractivity contribution in [1.82, 2.24) is 15.5 Å². The highest BCUT2D eigenvalue weighted by Gasteiger charge is 2.36. The standard InChI is InChI=1S/C16H21N3O5/c1-8(2)11-6-10(12-9(3)19-24-14(12)17-11)13(20)18-16(4,7-23-5)15(21)22/h6,8H,7H2,1-5H3,(H,18,20)(H,21,22). The van der Waals surface area contributed by atoms with Crippen LogP contribution in [0.4, 0.5) is 0 Å². The second kappa shape index (κ2) is 6.56. The van der Waals surface area contributed by atoms with E-state index in [2.05, 4.69) is 15.5 Å². The minimum Gasteiger partial charge on any atom is -0.479 e. The molecule has 2 N–H and O–H groups in total. The molecule has 0 aliphatic rings. The Bertz CT molecular complexity index is 783. The summed E-state index contributed by atoms with van der Waals surface area (Å²) in [4.78, 5) is 28.6. The molecule has 0 aliphatic heterocycles. The lowest BCUT2D eigenvalue weighted by molar-refractivity contribution is -0.145. The molecule has 130 valence electrons. The Labute approximate surface area is 139 Å². The summed E-state index contributed by atoms with van der Waals surface area (Å²) >= 11 is 0. The monoisotopic (exact) mass is 335 g/mol. The van der Waals surface area contributed by atoms with Crippen LogP contribution in [0, 0.1) is 6.92 Å². The van der Waals surface area contributed by atoms with Gasteiger partial charge in [-0.2, -0.15) is 0 Å². The normalized spacial score (nSPS) is 13.9. The molecule has 2 aromatic rings. The Balaban J connectivity index is 2.52. The van der Waals surface area contributed by atoms with E-state index in [4.69, 9.17) is 9.26 Å². The highest BCUT2D eigenvalue weighted by Crippen LogP contribution is 2.25. The molecular weight excluding hydrogens is 314 g/mol. The van der Waals surface area contributed by atoms with Crippen LogP contribution in [-0.4, -0.2) is 46.4 Å². The number of carboxylic acids is 1. The summed E-state index contributed by atoms with van der Waals surface area (Å²) < 4.78 is 10.1. The number of carbonyl (C=O) groups is 2. The van der Waals surface area contributed by atoms with E-state index >= 15 is 0 Å². The maximum atomic E-state index is 12.8. The number of rotatable bonds is 6. The summed E-state index contributed by atoms with van der Waals surface area (Å²) in [6.07, 6.45) is 0. The van der Waals surface area contributed by atoms with Crippen molar-refractivity contribution in [1.29, 1.82) is 0 Å². The number of methoxy groups -OCH3 is 1. The zero-order valence-corrected chi connectivity index (χ0v) is 14.3. The molecule has 2 heterocycles. The third-order valence-electron chi connectivity index (χ3n) is 3.77. The zero-order chi connectivity index (χ0) is 18.1. The molecule has 24 heavy (non-hydrogen) atoms. The Morgan fingerprint density at radius 3 is 2.67 bits per heavy atom. The summed E-state index contributed by atoms with van der Waals surface area (Å²) in [5.41, 5.74) is 0.165. The second-order valence-corrected chi connectivity index (χ2v) is 6.22.